The van der Waals surface area contributed by atoms with E-state index in [1.54, 1.807) is 0 Å². The molecule has 0 radical (unpaired) electrons. The maximum Gasteiger partial charge on any atom is 0.311 e. The van der Waals surface area contributed by atoms with Gasteiger partial charge in [-0.05, 0) is 49.7 Å². The van der Waals surface area contributed by atoms with E-state index in [1.165, 1.54) is 11.3 Å². The van der Waals surface area contributed by atoms with E-state index in [9.17, 15) is 9.90 Å². The molecule has 1 aliphatic carbocycles. The van der Waals surface area contributed by atoms with Crippen molar-refractivity contribution in [3.8, 4) is 0 Å². The predicted octanol–water partition coefficient (Wildman–Crippen LogP) is 3.33. The molecule has 108 valence electrons. The van der Waals surface area contributed by atoms with E-state index in [-0.39, 0.29) is 0 Å². The summed E-state index contributed by atoms with van der Waals surface area (Å²) in [4.78, 5) is 14.1. The summed E-state index contributed by atoms with van der Waals surface area (Å²) < 4.78 is 0. The van der Waals surface area contributed by atoms with E-state index in [0.29, 0.717) is 12.5 Å². The van der Waals surface area contributed by atoms with Crippen LogP contribution in [-0.4, -0.2) is 24.2 Å². The van der Waals surface area contributed by atoms with Gasteiger partial charge in [-0.15, -0.1) is 0 Å². The Labute approximate surface area is 120 Å². The zero-order chi connectivity index (χ0) is 14.2. The molecule has 0 amide bonds. The van der Waals surface area contributed by atoms with Crippen LogP contribution in [0.3, 0.4) is 0 Å². The largest absolute Gasteiger partial charge is 0.481 e. The smallest absolute Gasteiger partial charge is 0.311 e. The number of carbonyl (C=O) groups is 1. The van der Waals surface area contributed by atoms with Gasteiger partial charge in [-0.25, -0.2) is 0 Å². The lowest BCUT2D eigenvalue weighted by molar-refractivity contribution is -0.150. The third-order valence-electron chi connectivity index (χ3n) is 5.16. The summed E-state index contributed by atoms with van der Waals surface area (Å²) in [5, 5.41) is 9.76. The summed E-state index contributed by atoms with van der Waals surface area (Å²) in [5.74, 6) is 0.0714. The lowest BCUT2D eigenvalue weighted by atomic mass is 9.70. The number of carboxylic acids is 1. The Morgan fingerprint density at radius 2 is 2.05 bits per heavy atom. The SMILES string of the molecule is CC1CCC(CN2CCc3ccccc32)(C(=O)O)CC1. The molecule has 0 spiro atoms. The topological polar surface area (TPSA) is 40.5 Å². The summed E-state index contributed by atoms with van der Waals surface area (Å²) >= 11 is 0. The van der Waals surface area contributed by atoms with Crippen LogP contribution >= 0.6 is 0 Å². The highest BCUT2D eigenvalue weighted by Crippen LogP contribution is 2.41. The monoisotopic (exact) mass is 273 g/mol. The molecule has 0 bridgehead atoms. The number of benzene rings is 1. The Balaban J connectivity index is 1.80. The van der Waals surface area contributed by atoms with Crippen LogP contribution in [0.5, 0.6) is 0 Å². The van der Waals surface area contributed by atoms with Crippen LogP contribution in [0.2, 0.25) is 0 Å². The molecule has 3 nitrogen and oxygen atoms in total. The minimum absolute atomic E-state index is 0.538. The zero-order valence-electron chi connectivity index (χ0n) is 12.1. The number of carboxylic acid groups (broad SMARTS) is 1. The Morgan fingerprint density at radius 1 is 1.35 bits per heavy atom. The van der Waals surface area contributed by atoms with Gasteiger partial charge in [0.05, 0.1) is 5.41 Å². The van der Waals surface area contributed by atoms with Gasteiger partial charge in [0.2, 0.25) is 0 Å². The van der Waals surface area contributed by atoms with E-state index < -0.39 is 11.4 Å². The third-order valence-corrected chi connectivity index (χ3v) is 5.16. The van der Waals surface area contributed by atoms with Crippen molar-refractivity contribution < 1.29 is 9.90 Å². The third kappa shape index (κ3) is 2.30. The maximum absolute atomic E-state index is 11.9. The average Bonchev–Trinajstić information content (AvgIpc) is 2.85. The Hall–Kier alpha value is -1.51. The molecule has 0 saturated heterocycles. The number of para-hydroxylation sites is 1. The fourth-order valence-corrected chi connectivity index (χ4v) is 3.69. The van der Waals surface area contributed by atoms with E-state index in [4.69, 9.17) is 0 Å². The quantitative estimate of drug-likeness (QED) is 0.918. The molecule has 1 heterocycles. The normalized spacial score (nSPS) is 29.2. The first-order valence-electron chi connectivity index (χ1n) is 7.67. The van der Waals surface area contributed by atoms with Crippen molar-refractivity contribution in [2.75, 3.05) is 18.0 Å². The number of hydrogen-bond donors (Lipinski definition) is 1. The minimum atomic E-state index is -0.603. The van der Waals surface area contributed by atoms with Crippen molar-refractivity contribution in [2.45, 2.75) is 39.0 Å². The molecule has 1 saturated carbocycles. The van der Waals surface area contributed by atoms with Crippen molar-refractivity contribution in [1.82, 2.24) is 0 Å². The van der Waals surface area contributed by atoms with Crippen molar-refractivity contribution in [3.63, 3.8) is 0 Å². The Kier molecular flexibility index (Phi) is 3.45. The van der Waals surface area contributed by atoms with E-state index >= 15 is 0 Å². The number of fused-ring (bicyclic) bond motifs is 1. The number of anilines is 1. The Bertz CT molecular complexity index is 503. The average molecular weight is 273 g/mol. The molecule has 0 unspecified atom stereocenters. The van der Waals surface area contributed by atoms with Crippen LogP contribution in [-0.2, 0) is 11.2 Å². The standard InChI is InChI=1S/C17H23NO2/c1-13-6-9-17(10-7-13,16(19)20)12-18-11-8-14-4-2-3-5-15(14)18/h2-5,13H,6-12H2,1H3,(H,19,20). The number of nitrogens with zero attached hydrogens (tertiary/aromatic N) is 1. The second-order valence-corrected chi connectivity index (χ2v) is 6.57. The fourth-order valence-electron chi connectivity index (χ4n) is 3.69. The molecule has 3 rings (SSSR count). The van der Waals surface area contributed by atoms with Gasteiger partial charge in [0.25, 0.3) is 0 Å². The lowest BCUT2D eigenvalue weighted by Crippen LogP contribution is -2.45. The molecular weight excluding hydrogens is 250 g/mol. The maximum atomic E-state index is 11.9. The molecule has 20 heavy (non-hydrogen) atoms. The van der Waals surface area contributed by atoms with Gasteiger partial charge in [0.15, 0.2) is 0 Å². The fraction of sp³-hybridized carbons (Fsp3) is 0.588. The van der Waals surface area contributed by atoms with Crippen LogP contribution in [0, 0.1) is 11.3 Å². The second kappa shape index (κ2) is 5.12. The molecule has 1 N–H and O–H groups in total. The summed E-state index contributed by atoms with van der Waals surface area (Å²) in [6.45, 7) is 3.87. The predicted molar refractivity (Wildman–Crippen MR) is 80.1 cm³/mol. The van der Waals surface area contributed by atoms with Crippen molar-refractivity contribution >= 4 is 11.7 Å². The van der Waals surface area contributed by atoms with Gasteiger partial charge in [0.1, 0.15) is 0 Å². The second-order valence-electron chi connectivity index (χ2n) is 6.57. The first-order chi connectivity index (χ1) is 9.61. The molecular formula is C17H23NO2. The minimum Gasteiger partial charge on any atom is -0.481 e. The van der Waals surface area contributed by atoms with Gasteiger partial charge in [-0.3, -0.25) is 4.79 Å². The molecule has 0 atom stereocenters. The number of hydrogen-bond acceptors (Lipinski definition) is 2. The summed E-state index contributed by atoms with van der Waals surface area (Å²) in [6, 6.07) is 8.40. The molecule has 0 aromatic heterocycles. The van der Waals surface area contributed by atoms with Gasteiger partial charge >= 0.3 is 5.97 Å². The van der Waals surface area contributed by atoms with Crippen LogP contribution < -0.4 is 4.90 Å². The highest BCUT2D eigenvalue weighted by Gasteiger charge is 2.43. The van der Waals surface area contributed by atoms with Gasteiger partial charge in [0, 0.05) is 18.8 Å². The van der Waals surface area contributed by atoms with Gasteiger partial charge in [-0.1, -0.05) is 25.1 Å². The van der Waals surface area contributed by atoms with E-state index in [0.717, 1.165) is 38.6 Å². The van der Waals surface area contributed by atoms with E-state index in [2.05, 4.69) is 30.0 Å². The number of aliphatic carboxylic acids is 1. The van der Waals surface area contributed by atoms with Crippen LogP contribution in [0.1, 0.15) is 38.2 Å². The van der Waals surface area contributed by atoms with E-state index in [1.807, 2.05) is 6.07 Å². The summed E-state index contributed by atoms with van der Waals surface area (Å²) in [6.07, 6.45) is 4.77. The molecule has 1 aliphatic heterocycles. The lowest BCUT2D eigenvalue weighted by Gasteiger charge is -2.39. The summed E-state index contributed by atoms with van der Waals surface area (Å²) in [5.41, 5.74) is 2.06. The first kappa shape index (κ1) is 13.5. The number of rotatable bonds is 3. The molecule has 2 aliphatic rings. The highest BCUT2D eigenvalue weighted by molar-refractivity contribution is 5.76. The Morgan fingerprint density at radius 3 is 2.75 bits per heavy atom. The van der Waals surface area contributed by atoms with Gasteiger partial charge < -0.3 is 10.0 Å². The van der Waals surface area contributed by atoms with Crippen molar-refractivity contribution in [3.05, 3.63) is 29.8 Å². The van der Waals surface area contributed by atoms with Crippen molar-refractivity contribution in [2.24, 2.45) is 11.3 Å². The summed E-state index contributed by atoms with van der Waals surface area (Å²) in [7, 11) is 0. The van der Waals surface area contributed by atoms with Crippen LogP contribution in [0.15, 0.2) is 24.3 Å². The highest BCUT2D eigenvalue weighted by atomic mass is 16.4. The van der Waals surface area contributed by atoms with Crippen LogP contribution in [0.25, 0.3) is 0 Å². The van der Waals surface area contributed by atoms with Crippen molar-refractivity contribution in [1.29, 1.82) is 0 Å². The van der Waals surface area contributed by atoms with Crippen LogP contribution in [0.4, 0.5) is 5.69 Å². The molecule has 1 aromatic carbocycles. The molecule has 1 aromatic rings. The first-order valence-corrected chi connectivity index (χ1v) is 7.67. The van der Waals surface area contributed by atoms with Gasteiger partial charge in [-0.2, -0.15) is 0 Å². The molecule has 3 heteroatoms. The zero-order valence-corrected chi connectivity index (χ0v) is 12.1. The molecule has 1 fully saturated rings.